The third kappa shape index (κ3) is 5.28. The predicted octanol–water partition coefficient (Wildman–Crippen LogP) is 4.96. The fourth-order valence-corrected chi connectivity index (χ4v) is 4.23. The van der Waals surface area contributed by atoms with E-state index in [0.29, 0.717) is 35.3 Å². The number of anilines is 2. The molecule has 0 aliphatic heterocycles. The summed E-state index contributed by atoms with van der Waals surface area (Å²) in [6, 6.07) is 11.8. The first-order valence-corrected chi connectivity index (χ1v) is 12.0. The highest BCUT2D eigenvalue weighted by Gasteiger charge is 2.51. The topological polar surface area (TPSA) is 101 Å². The van der Waals surface area contributed by atoms with Crippen LogP contribution in [-0.2, 0) is 24.6 Å². The summed E-state index contributed by atoms with van der Waals surface area (Å²) in [4.78, 5) is 34.1. The Morgan fingerprint density at radius 1 is 1.08 bits per heavy atom. The van der Waals surface area contributed by atoms with E-state index in [1.54, 1.807) is 36.7 Å². The van der Waals surface area contributed by atoms with Gasteiger partial charge in [-0.3, -0.25) is 14.6 Å². The van der Waals surface area contributed by atoms with Gasteiger partial charge in [0.1, 0.15) is 5.54 Å². The maximum atomic E-state index is 13.3. The van der Waals surface area contributed by atoms with Gasteiger partial charge in [0.2, 0.25) is 5.91 Å². The highest BCUT2D eigenvalue weighted by molar-refractivity contribution is 6.30. The van der Waals surface area contributed by atoms with Crippen molar-refractivity contribution in [2.24, 2.45) is 7.05 Å². The first kappa shape index (κ1) is 25.5. The number of benzene rings is 2. The Hall–Kier alpha value is -4.12. The van der Waals surface area contributed by atoms with Crippen LogP contribution in [0.2, 0.25) is 5.02 Å². The molecule has 1 aliphatic rings. The second kappa shape index (κ2) is 9.64. The number of aryl methyl sites for hydroxylation is 1. The van der Waals surface area contributed by atoms with Gasteiger partial charge in [-0.25, -0.2) is 4.98 Å². The van der Waals surface area contributed by atoms with E-state index in [9.17, 15) is 22.8 Å². The first-order chi connectivity index (χ1) is 18.0. The molecule has 0 atom stereocenters. The normalized spacial score (nSPS) is 14.2. The molecule has 2 aromatic heterocycles. The van der Waals surface area contributed by atoms with Gasteiger partial charge in [0.05, 0.1) is 52.7 Å². The minimum absolute atomic E-state index is 0.0222. The predicted molar refractivity (Wildman–Crippen MR) is 136 cm³/mol. The van der Waals surface area contributed by atoms with Crippen molar-refractivity contribution >= 4 is 45.8 Å². The van der Waals surface area contributed by atoms with Crippen LogP contribution in [0.4, 0.5) is 24.5 Å². The van der Waals surface area contributed by atoms with Crippen molar-refractivity contribution in [1.82, 2.24) is 25.2 Å². The van der Waals surface area contributed by atoms with Crippen LogP contribution < -0.4 is 16.0 Å². The number of rotatable bonds is 7. The van der Waals surface area contributed by atoms with Gasteiger partial charge in [0, 0.05) is 17.6 Å². The summed E-state index contributed by atoms with van der Waals surface area (Å²) in [5, 5.41) is 8.29. The number of hydrogen-bond donors (Lipinski definition) is 3. The molecule has 0 bridgehead atoms. The average molecular weight is 543 g/mol. The van der Waals surface area contributed by atoms with Crippen LogP contribution >= 0.6 is 11.6 Å². The second-order valence-electron chi connectivity index (χ2n) is 9.13. The molecule has 38 heavy (non-hydrogen) atoms. The number of imidazole rings is 1. The lowest BCUT2D eigenvalue weighted by atomic mass is 10.1. The van der Waals surface area contributed by atoms with Crippen molar-refractivity contribution in [2.75, 3.05) is 5.32 Å². The maximum absolute atomic E-state index is 13.3. The molecule has 3 N–H and O–H groups in total. The monoisotopic (exact) mass is 542 g/mol. The number of hydrogen-bond acceptors (Lipinski definition) is 5. The van der Waals surface area contributed by atoms with E-state index < -0.39 is 17.3 Å². The fourth-order valence-electron chi connectivity index (χ4n) is 4.06. The van der Waals surface area contributed by atoms with Crippen LogP contribution in [0.25, 0.3) is 11.0 Å². The maximum Gasteiger partial charge on any atom is 0.418 e. The Kier molecular flexibility index (Phi) is 6.47. The summed E-state index contributed by atoms with van der Waals surface area (Å²) in [5.74, 6) is -0.691. The summed E-state index contributed by atoms with van der Waals surface area (Å²) in [7, 11) is 1.86. The van der Waals surface area contributed by atoms with Gasteiger partial charge in [0.15, 0.2) is 0 Å². The van der Waals surface area contributed by atoms with E-state index in [1.165, 1.54) is 18.3 Å². The standard InChI is InChI=1S/C26H22ClF3N6O2/c1-36-14-33-21-10-15(2-7-22(21)36)23(37)35-25(8-9-25)24(38)32-12-17-4-5-18(13-31-17)34-20-6-3-16(27)11-19(20)26(28,29)30/h2-7,10-11,13-14,34H,8-9,12H2,1H3,(H,32,38)(H,35,37). The Morgan fingerprint density at radius 3 is 2.55 bits per heavy atom. The fraction of sp³-hybridized carbons (Fsp3) is 0.231. The SMILES string of the molecule is Cn1cnc2cc(C(=O)NC3(C(=O)NCc4ccc(Nc5ccc(Cl)cc5C(F)(F)F)cn4)CC3)ccc21. The number of alkyl halides is 3. The number of halogens is 4. The molecular weight excluding hydrogens is 521 g/mol. The number of carbonyl (C=O) groups is 2. The van der Waals surface area contributed by atoms with Crippen LogP contribution in [0.15, 0.2) is 61.1 Å². The molecular formula is C26H22ClF3N6O2. The van der Waals surface area contributed by atoms with E-state index in [1.807, 2.05) is 11.6 Å². The Labute approximate surface area is 220 Å². The Morgan fingerprint density at radius 2 is 1.87 bits per heavy atom. The van der Waals surface area contributed by atoms with E-state index in [-0.39, 0.29) is 29.1 Å². The van der Waals surface area contributed by atoms with Crippen molar-refractivity contribution < 1.29 is 22.8 Å². The highest BCUT2D eigenvalue weighted by atomic mass is 35.5. The molecule has 196 valence electrons. The van der Waals surface area contributed by atoms with Gasteiger partial charge in [-0.2, -0.15) is 13.2 Å². The summed E-state index contributed by atoms with van der Waals surface area (Å²) in [6.07, 6.45) is -0.524. The third-order valence-electron chi connectivity index (χ3n) is 6.35. The van der Waals surface area contributed by atoms with Crippen LogP contribution in [0.3, 0.4) is 0 Å². The molecule has 12 heteroatoms. The van der Waals surface area contributed by atoms with Gasteiger partial charge >= 0.3 is 6.18 Å². The molecule has 1 aliphatic carbocycles. The van der Waals surface area contributed by atoms with E-state index in [0.717, 1.165) is 11.6 Å². The summed E-state index contributed by atoms with van der Waals surface area (Å²) in [5.41, 5.74) is 0.792. The zero-order chi connectivity index (χ0) is 27.1. The number of nitrogens with one attached hydrogen (secondary N) is 3. The second-order valence-corrected chi connectivity index (χ2v) is 9.57. The molecule has 5 rings (SSSR count). The highest BCUT2D eigenvalue weighted by Crippen LogP contribution is 2.38. The lowest BCUT2D eigenvalue weighted by molar-refractivity contribution is -0.137. The number of pyridine rings is 1. The van der Waals surface area contributed by atoms with E-state index >= 15 is 0 Å². The lowest BCUT2D eigenvalue weighted by Gasteiger charge is -2.17. The molecule has 0 radical (unpaired) electrons. The smallest absolute Gasteiger partial charge is 0.354 e. The van der Waals surface area contributed by atoms with Crippen molar-refractivity contribution in [3.8, 4) is 0 Å². The minimum atomic E-state index is -4.58. The molecule has 0 saturated heterocycles. The lowest BCUT2D eigenvalue weighted by Crippen LogP contribution is -2.48. The average Bonchev–Trinajstić information content (AvgIpc) is 3.58. The number of carbonyl (C=O) groups excluding carboxylic acids is 2. The number of amides is 2. The molecule has 1 saturated carbocycles. The van der Waals surface area contributed by atoms with Gasteiger partial charge in [-0.1, -0.05) is 11.6 Å². The van der Waals surface area contributed by atoms with Crippen LogP contribution in [0.1, 0.15) is 34.5 Å². The van der Waals surface area contributed by atoms with Crippen LogP contribution in [-0.4, -0.2) is 31.9 Å². The molecule has 2 amide bonds. The summed E-state index contributed by atoms with van der Waals surface area (Å²) in [6.45, 7) is 0.0887. The zero-order valence-corrected chi connectivity index (χ0v) is 20.8. The van der Waals surface area contributed by atoms with Crippen LogP contribution in [0, 0.1) is 0 Å². The van der Waals surface area contributed by atoms with Crippen molar-refractivity contribution in [1.29, 1.82) is 0 Å². The minimum Gasteiger partial charge on any atom is -0.354 e. The molecule has 2 aromatic carbocycles. The molecule has 8 nitrogen and oxygen atoms in total. The number of aromatic nitrogens is 3. The van der Waals surface area contributed by atoms with Crippen molar-refractivity contribution in [3.05, 3.63) is 82.9 Å². The molecule has 2 heterocycles. The molecule has 0 spiro atoms. The summed E-state index contributed by atoms with van der Waals surface area (Å²) >= 11 is 5.72. The van der Waals surface area contributed by atoms with Crippen molar-refractivity contribution in [2.45, 2.75) is 31.1 Å². The number of nitrogens with zero attached hydrogens (tertiary/aromatic N) is 3. The number of fused-ring (bicyclic) bond motifs is 1. The van der Waals surface area contributed by atoms with E-state index in [4.69, 9.17) is 11.6 Å². The largest absolute Gasteiger partial charge is 0.418 e. The van der Waals surface area contributed by atoms with Gasteiger partial charge in [-0.15, -0.1) is 0 Å². The quantitative estimate of drug-likeness (QED) is 0.306. The van der Waals surface area contributed by atoms with Crippen molar-refractivity contribution in [3.63, 3.8) is 0 Å². The third-order valence-corrected chi connectivity index (χ3v) is 6.58. The zero-order valence-electron chi connectivity index (χ0n) is 20.1. The summed E-state index contributed by atoms with van der Waals surface area (Å²) < 4.78 is 41.8. The Balaban J connectivity index is 1.19. The molecule has 4 aromatic rings. The van der Waals surface area contributed by atoms with E-state index in [2.05, 4.69) is 25.9 Å². The first-order valence-electron chi connectivity index (χ1n) is 11.6. The van der Waals surface area contributed by atoms with Crippen LogP contribution in [0.5, 0.6) is 0 Å². The van der Waals surface area contributed by atoms with Gasteiger partial charge in [-0.05, 0) is 61.4 Å². The van der Waals surface area contributed by atoms with Gasteiger partial charge < -0.3 is 20.5 Å². The molecule has 0 unspecified atom stereocenters. The Bertz CT molecular complexity index is 1530. The van der Waals surface area contributed by atoms with Gasteiger partial charge in [0.25, 0.3) is 5.91 Å². The molecule has 1 fully saturated rings.